The first-order valence-corrected chi connectivity index (χ1v) is 8.37. The summed E-state index contributed by atoms with van der Waals surface area (Å²) < 4.78 is 0. The van der Waals surface area contributed by atoms with E-state index in [1.807, 2.05) is 26.0 Å². The summed E-state index contributed by atoms with van der Waals surface area (Å²) in [6.07, 6.45) is 6.44. The van der Waals surface area contributed by atoms with E-state index in [1.165, 1.54) is 18.0 Å². The Morgan fingerprint density at radius 1 is 1.00 bits per heavy atom. The SMILES string of the molecule is Cc1cc(C)c(Nc2ncc(C(=O)NCc3ccncc3)cn2)c(C)c1. The van der Waals surface area contributed by atoms with Gasteiger partial charge in [-0.2, -0.15) is 0 Å². The van der Waals surface area contributed by atoms with Crippen LogP contribution in [-0.4, -0.2) is 20.9 Å². The van der Waals surface area contributed by atoms with Gasteiger partial charge in [-0.05, 0) is 49.6 Å². The molecule has 0 aliphatic carbocycles. The minimum Gasteiger partial charge on any atom is -0.348 e. The maximum atomic E-state index is 12.2. The Morgan fingerprint density at radius 2 is 1.62 bits per heavy atom. The molecule has 2 N–H and O–H groups in total. The van der Waals surface area contributed by atoms with E-state index in [4.69, 9.17) is 0 Å². The molecule has 2 heterocycles. The van der Waals surface area contributed by atoms with Crippen LogP contribution in [0, 0.1) is 20.8 Å². The number of benzene rings is 1. The lowest BCUT2D eigenvalue weighted by molar-refractivity contribution is 0.0950. The van der Waals surface area contributed by atoms with Crippen LogP contribution in [0.1, 0.15) is 32.6 Å². The molecule has 0 unspecified atom stereocenters. The van der Waals surface area contributed by atoms with Crippen molar-refractivity contribution < 1.29 is 4.79 Å². The average Bonchev–Trinajstić information content (AvgIpc) is 2.64. The molecule has 0 spiro atoms. The molecule has 3 aromatic rings. The zero-order chi connectivity index (χ0) is 18.5. The molecule has 0 bridgehead atoms. The van der Waals surface area contributed by atoms with Crippen LogP contribution in [0.3, 0.4) is 0 Å². The number of hydrogen-bond acceptors (Lipinski definition) is 5. The highest BCUT2D eigenvalue weighted by atomic mass is 16.1. The molecule has 0 radical (unpaired) electrons. The third-order valence-electron chi connectivity index (χ3n) is 4.03. The summed E-state index contributed by atoms with van der Waals surface area (Å²) in [4.78, 5) is 24.7. The van der Waals surface area contributed by atoms with Crippen LogP contribution in [0.25, 0.3) is 0 Å². The van der Waals surface area contributed by atoms with Gasteiger partial charge in [-0.1, -0.05) is 17.7 Å². The molecule has 6 nitrogen and oxygen atoms in total. The molecule has 0 saturated carbocycles. The largest absolute Gasteiger partial charge is 0.348 e. The summed E-state index contributed by atoms with van der Waals surface area (Å²) in [6.45, 7) is 6.59. The Bertz CT molecular complexity index is 884. The van der Waals surface area contributed by atoms with Gasteiger partial charge < -0.3 is 10.6 Å². The van der Waals surface area contributed by atoms with Gasteiger partial charge in [0.1, 0.15) is 0 Å². The fraction of sp³-hybridized carbons (Fsp3) is 0.200. The van der Waals surface area contributed by atoms with Crippen molar-refractivity contribution in [1.29, 1.82) is 0 Å². The quantitative estimate of drug-likeness (QED) is 0.739. The number of nitrogens with one attached hydrogen (secondary N) is 2. The van der Waals surface area contributed by atoms with E-state index in [1.54, 1.807) is 12.4 Å². The second kappa shape index (κ2) is 7.74. The van der Waals surface area contributed by atoms with E-state index in [-0.39, 0.29) is 5.91 Å². The number of hydrogen-bond donors (Lipinski definition) is 2. The van der Waals surface area contributed by atoms with Gasteiger partial charge in [0, 0.05) is 37.0 Å². The van der Waals surface area contributed by atoms with E-state index in [9.17, 15) is 4.79 Å². The van der Waals surface area contributed by atoms with Gasteiger partial charge >= 0.3 is 0 Å². The van der Waals surface area contributed by atoms with Crippen molar-refractivity contribution in [2.75, 3.05) is 5.32 Å². The van der Waals surface area contributed by atoms with Crippen LogP contribution in [0.2, 0.25) is 0 Å². The Kier molecular flexibility index (Phi) is 5.22. The first kappa shape index (κ1) is 17.5. The lowest BCUT2D eigenvalue weighted by atomic mass is 10.1. The summed E-state index contributed by atoms with van der Waals surface area (Å²) in [7, 11) is 0. The molecular weight excluding hydrogens is 326 g/mol. The zero-order valence-electron chi connectivity index (χ0n) is 15.1. The molecule has 2 aromatic heterocycles. The fourth-order valence-corrected chi connectivity index (χ4v) is 2.78. The van der Waals surface area contributed by atoms with Crippen LogP contribution < -0.4 is 10.6 Å². The highest BCUT2D eigenvalue weighted by molar-refractivity contribution is 5.93. The average molecular weight is 347 g/mol. The second-order valence-corrected chi connectivity index (χ2v) is 6.23. The molecule has 3 rings (SSSR count). The van der Waals surface area contributed by atoms with Gasteiger partial charge in [0.05, 0.1) is 5.56 Å². The highest BCUT2D eigenvalue weighted by Gasteiger charge is 2.09. The number of carbonyl (C=O) groups is 1. The van der Waals surface area contributed by atoms with Gasteiger partial charge in [-0.15, -0.1) is 0 Å². The summed E-state index contributed by atoms with van der Waals surface area (Å²) in [5.41, 5.74) is 5.87. The lowest BCUT2D eigenvalue weighted by Gasteiger charge is -2.12. The van der Waals surface area contributed by atoms with Crippen molar-refractivity contribution in [3.63, 3.8) is 0 Å². The first-order chi connectivity index (χ1) is 12.5. The number of pyridine rings is 1. The standard InChI is InChI=1S/C20H21N5O/c1-13-8-14(2)18(15(3)9-13)25-20-23-11-17(12-24-20)19(26)22-10-16-4-6-21-7-5-16/h4-9,11-12H,10H2,1-3H3,(H,22,26)(H,23,24,25). The third kappa shape index (κ3) is 4.22. The maximum absolute atomic E-state index is 12.2. The Labute approximate surface area is 152 Å². The molecule has 0 aliphatic heterocycles. The summed E-state index contributed by atoms with van der Waals surface area (Å²) >= 11 is 0. The molecule has 0 atom stereocenters. The summed E-state index contributed by atoms with van der Waals surface area (Å²) in [6, 6.07) is 7.93. The van der Waals surface area contributed by atoms with Crippen LogP contribution in [0.5, 0.6) is 0 Å². The van der Waals surface area contributed by atoms with Gasteiger partial charge in [0.15, 0.2) is 0 Å². The highest BCUT2D eigenvalue weighted by Crippen LogP contribution is 2.24. The van der Waals surface area contributed by atoms with E-state index in [2.05, 4.69) is 44.6 Å². The fourth-order valence-electron chi connectivity index (χ4n) is 2.78. The Hall–Kier alpha value is -3.28. The molecule has 26 heavy (non-hydrogen) atoms. The van der Waals surface area contributed by atoms with Crippen LogP contribution in [-0.2, 0) is 6.54 Å². The Balaban J connectivity index is 1.66. The van der Waals surface area contributed by atoms with E-state index >= 15 is 0 Å². The lowest BCUT2D eigenvalue weighted by Crippen LogP contribution is -2.23. The number of rotatable bonds is 5. The topological polar surface area (TPSA) is 79.8 Å². The summed E-state index contributed by atoms with van der Waals surface area (Å²) in [5, 5.41) is 6.07. The van der Waals surface area contributed by atoms with Gasteiger partial charge in [0.25, 0.3) is 5.91 Å². The van der Waals surface area contributed by atoms with Crippen molar-refractivity contribution in [1.82, 2.24) is 20.3 Å². The van der Waals surface area contributed by atoms with Crippen molar-refractivity contribution in [2.24, 2.45) is 0 Å². The van der Waals surface area contributed by atoms with E-state index < -0.39 is 0 Å². The molecule has 132 valence electrons. The molecule has 0 aliphatic rings. The minimum atomic E-state index is -0.212. The molecule has 1 amide bonds. The number of amides is 1. The smallest absolute Gasteiger partial charge is 0.254 e. The molecule has 6 heteroatoms. The maximum Gasteiger partial charge on any atom is 0.254 e. The third-order valence-corrected chi connectivity index (χ3v) is 4.03. The second-order valence-electron chi connectivity index (χ2n) is 6.23. The van der Waals surface area contributed by atoms with Crippen LogP contribution in [0.15, 0.2) is 49.1 Å². The molecular formula is C20H21N5O. The van der Waals surface area contributed by atoms with Crippen LogP contribution >= 0.6 is 0 Å². The van der Waals surface area contributed by atoms with E-state index in [0.29, 0.717) is 18.1 Å². The van der Waals surface area contributed by atoms with Gasteiger partial charge in [-0.25, -0.2) is 9.97 Å². The molecule has 1 aromatic carbocycles. The number of nitrogens with zero attached hydrogens (tertiary/aromatic N) is 3. The normalized spacial score (nSPS) is 10.4. The van der Waals surface area contributed by atoms with Crippen molar-refractivity contribution >= 4 is 17.5 Å². The minimum absolute atomic E-state index is 0.212. The number of aryl methyl sites for hydroxylation is 3. The number of carbonyl (C=O) groups excluding carboxylic acids is 1. The van der Waals surface area contributed by atoms with Crippen molar-refractivity contribution in [3.8, 4) is 0 Å². The monoisotopic (exact) mass is 347 g/mol. The molecule has 0 saturated heterocycles. The van der Waals surface area contributed by atoms with E-state index in [0.717, 1.165) is 22.4 Å². The zero-order valence-corrected chi connectivity index (χ0v) is 15.1. The Morgan fingerprint density at radius 3 is 2.23 bits per heavy atom. The predicted molar refractivity (Wildman–Crippen MR) is 101 cm³/mol. The van der Waals surface area contributed by atoms with Crippen molar-refractivity contribution in [3.05, 3.63) is 76.9 Å². The van der Waals surface area contributed by atoms with Gasteiger partial charge in [-0.3, -0.25) is 9.78 Å². The summed E-state index contributed by atoms with van der Waals surface area (Å²) in [5.74, 6) is 0.252. The van der Waals surface area contributed by atoms with Crippen molar-refractivity contribution in [2.45, 2.75) is 27.3 Å². The molecule has 0 fully saturated rings. The van der Waals surface area contributed by atoms with Gasteiger partial charge in [0.2, 0.25) is 5.95 Å². The first-order valence-electron chi connectivity index (χ1n) is 8.37. The predicted octanol–water partition coefficient (Wildman–Crippen LogP) is 3.47. The number of aromatic nitrogens is 3. The van der Waals surface area contributed by atoms with Crippen LogP contribution in [0.4, 0.5) is 11.6 Å². The number of anilines is 2.